The fourth-order valence-corrected chi connectivity index (χ4v) is 6.90. The number of halogens is 2. The molecule has 1 aromatic carbocycles. The summed E-state index contributed by atoms with van der Waals surface area (Å²) in [6, 6.07) is 11.5. The average molecular weight is 574 g/mol. The number of carbonyl (C=O) groups is 1. The van der Waals surface area contributed by atoms with Crippen LogP contribution in [0.15, 0.2) is 42.6 Å². The topological polar surface area (TPSA) is 42.4 Å². The van der Waals surface area contributed by atoms with Crippen molar-refractivity contribution in [2.75, 3.05) is 19.7 Å². The molecule has 3 aliphatic rings. The minimum absolute atomic E-state index is 0.172. The highest BCUT2D eigenvalue weighted by molar-refractivity contribution is 6.30. The molecule has 39 heavy (non-hydrogen) atoms. The van der Waals surface area contributed by atoms with E-state index in [9.17, 15) is 4.79 Å². The molecule has 1 aromatic heterocycles. The number of benzene rings is 1. The third kappa shape index (κ3) is 8.36. The van der Waals surface area contributed by atoms with Crippen molar-refractivity contribution < 1.29 is 9.53 Å². The summed E-state index contributed by atoms with van der Waals surface area (Å²) in [5.74, 6) is 3.19. The molecule has 2 saturated carbocycles. The van der Waals surface area contributed by atoms with Gasteiger partial charge in [0.15, 0.2) is 0 Å². The van der Waals surface area contributed by atoms with Gasteiger partial charge in [0.1, 0.15) is 0 Å². The average Bonchev–Trinajstić information content (AvgIpc) is 3.31. The van der Waals surface area contributed by atoms with E-state index in [0.29, 0.717) is 36.5 Å². The second-order valence-electron chi connectivity index (χ2n) is 12.6. The lowest BCUT2D eigenvalue weighted by Gasteiger charge is -2.30. The number of pyridine rings is 1. The Morgan fingerprint density at radius 2 is 1.56 bits per heavy atom. The number of likely N-dealkylation sites (tertiary alicyclic amines) is 1. The fraction of sp³-hybridized carbons (Fsp3) is 0.636. The van der Waals surface area contributed by atoms with E-state index < -0.39 is 0 Å². The van der Waals surface area contributed by atoms with Gasteiger partial charge in [-0.15, -0.1) is 0 Å². The molecule has 2 aromatic rings. The lowest BCUT2D eigenvalue weighted by atomic mass is 9.77. The molecule has 3 fully saturated rings. The van der Waals surface area contributed by atoms with Crippen LogP contribution in [0, 0.1) is 23.2 Å². The van der Waals surface area contributed by atoms with Crippen molar-refractivity contribution in [2.45, 2.75) is 90.9 Å². The quantitative estimate of drug-likeness (QED) is 0.346. The molecule has 2 unspecified atom stereocenters. The molecule has 1 amide bonds. The predicted octanol–water partition coefficient (Wildman–Crippen LogP) is 9.20. The Bertz CT molecular complexity index is 1030. The van der Waals surface area contributed by atoms with Crippen molar-refractivity contribution >= 4 is 29.1 Å². The molecule has 0 N–H and O–H groups in total. The van der Waals surface area contributed by atoms with Gasteiger partial charge in [-0.25, -0.2) is 4.98 Å². The van der Waals surface area contributed by atoms with Gasteiger partial charge in [-0.3, -0.25) is 4.79 Å². The Morgan fingerprint density at radius 1 is 0.949 bits per heavy atom. The van der Waals surface area contributed by atoms with Gasteiger partial charge in [0.2, 0.25) is 11.8 Å². The van der Waals surface area contributed by atoms with Gasteiger partial charge < -0.3 is 9.64 Å². The number of carbonyl (C=O) groups excluding carboxylic acids is 1. The maximum absolute atomic E-state index is 13.3. The number of aromatic nitrogens is 1. The monoisotopic (exact) mass is 572 g/mol. The van der Waals surface area contributed by atoms with E-state index in [1.165, 1.54) is 44.1 Å². The predicted molar refractivity (Wildman–Crippen MR) is 162 cm³/mol. The maximum atomic E-state index is 13.3. The highest BCUT2D eigenvalue weighted by Gasteiger charge is 2.47. The first kappa shape index (κ1) is 30.2. The number of rotatable bonds is 6. The lowest BCUT2D eigenvalue weighted by Crippen LogP contribution is -2.38. The van der Waals surface area contributed by atoms with E-state index in [2.05, 4.69) is 42.8 Å². The van der Waals surface area contributed by atoms with Crippen LogP contribution in [0.2, 0.25) is 10.0 Å². The molecule has 4 nitrogen and oxygen atoms in total. The smallest absolute Gasteiger partial charge is 0.225 e. The zero-order valence-electron chi connectivity index (χ0n) is 24.0. The molecule has 214 valence electrons. The highest BCUT2D eigenvalue weighted by atomic mass is 35.5. The molecular weight excluding hydrogens is 527 g/mol. The van der Waals surface area contributed by atoms with E-state index in [4.69, 9.17) is 27.9 Å². The summed E-state index contributed by atoms with van der Waals surface area (Å²) in [5.41, 5.74) is 0.966. The van der Waals surface area contributed by atoms with Crippen molar-refractivity contribution in [2.24, 2.45) is 23.2 Å². The first-order valence-electron chi connectivity index (χ1n) is 15.0. The molecule has 1 saturated heterocycles. The van der Waals surface area contributed by atoms with Crippen LogP contribution < -0.4 is 4.74 Å². The normalized spacial score (nSPS) is 24.4. The minimum Gasteiger partial charge on any atom is -0.477 e. The van der Waals surface area contributed by atoms with Gasteiger partial charge in [-0.2, -0.15) is 0 Å². The Hall–Kier alpha value is -1.78. The van der Waals surface area contributed by atoms with Crippen molar-refractivity contribution in [1.29, 1.82) is 0 Å². The van der Waals surface area contributed by atoms with Gasteiger partial charge in [0.05, 0.1) is 11.6 Å². The first-order valence-corrected chi connectivity index (χ1v) is 15.8. The number of hydrogen-bond donors (Lipinski definition) is 0. The molecule has 0 spiro atoms. The zero-order valence-corrected chi connectivity index (χ0v) is 25.5. The summed E-state index contributed by atoms with van der Waals surface area (Å²) in [5, 5.41) is 1.30. The van der Waals surface area contributed by atoms with Crippen LogP contribution in [-0.4, -0.2) is 35.5 Å². The van der Waals surface area contributed by atoms with Crippen LogP contribution >= 0.6 is 23.2 Å². The number of ether oxygens (including phenoxy) is 1. The van der Waals surface area contributed by atoms with Crippen molar-refractivity contribution in [3.63, 3.8) is 0 Å². The third-order valence-electron chi connectivity index (χ3n) is 9.18. The third-order valence-corrected chi connectivity index (χ3v) is 9.65. The molecule has 1 aliphatic heterocycles. The molecular formula is C33H46Cl2N2O2. The summed E-state index contributed by atoms with van der Waals surface area (Å²) in [6.07, 6.45) is 14.6. The van der Waals surface area contributed by atoms with Gasteiger partial charge in [-0.05, 0) is 48.4 Å². The summed E-state index contributed by atoms with van der Waals surface area (Å²) in [4.78, 5) is 19.6. The van der Waals surface area contributed by atoms with Crippen LogP contribution in [-0.2, 0) is 4.79 Å². The Morgan fingerprint density at radius 3 is 2.13 bits per heavy atom. The Balaban J connectivity index is 0.000000333. The van der Waals surface area contributed by atoms with Gasteiger partial charge in [0, 0.05) is 47.6 Å². The largest absolute Gasteiger partial charge is 0.477 e. The van der Waals surface area contributed by atoms with Crippen molar-refractivity contribution in [1.82, 2.24) is 9.88 Å². The lowest BCUT2D eigenvalue weighted by molar-refractivity contribution is -0.135. The number of amides is 1. The van der Waals surface area contributed by atoms with Gasteiger partial charge in [0.25, 0.3) is 0 Å². The van der Waals surface area contributed by atoms with Crippen LogP contribution in [0.5, 0.6) is 5.88 Å². The van der Waals surface area contributed by atoms with Gasteiger partial charge >= 0.3 is 0 Å². The standard InChI is InChI=1S/C24H28Cl2N2O2.C9H18/c1-24(16-30-22-12-11-20(26)13-27-22)15-28(23(29)18-5-3-2-4-6-18)14-21(24)17-7-9-19(25)10-8-17;1-8(2)9-6-4-3-5-7-9/h7-13,18,21H,2-6,14-16H2,1H3;8-9H,3-7H2,1-2H3. The molecule has 2 aliphatic carbocycles. The molecule has 0 bridgehead atoms. The van der Waals surface area contributed by atoms with Crippen molar-refractivity contribution in [3.05, 3.63) is 58.2 Å². The zero-order chi connectivity index (χ0) is 27.8. The summed E-state index contributed by atoms with van der Waals surface area (Å²) < 4.78 is 6.06. The maximum Gasteiger partial charge on any atom is 0.225 e. The molecule has 6 heteroatoms. The van der Waals surface area contributed by atoms with Crippen LogP contribution in [0.4, 0.5) is 0 Å². The van der Waals surface area contributed by atoms with E-state index in [-0.39, 0.29) is 17.3 Å². The number of nitrogens with zero attached hydrogens (tertiary/aromatic N) is 2. The van der Waals surface area contributed by atoms with E-state index >= 15 is 0 Å². The second-order valence-corrected chi connectivity index (χ2v) is 13.4. The summed E-state index contributed by atoms with van der Waals surface area (Å²) in [7, 11) is 0. The molecule has 2 atom stereocenters. The molecule has 2 heterocycles. The second kappa shape index (κ2) is 14.2. The van der Waals surface area contributed by atoms with Crippen LogP contribution in [0.3, 0.4) is 0 Å². The van der Waals surface area contributed by atoms with Crippen LogP contribution in [0.1, 0.15) is 96.5 Å². The minimum atomic E-state index is -0.223. The summed E-state index contributed by atoms with van der Waals surface area (Å²) >= 11 is 12.1. The van der Waals surface area contributed by atoms with Crippen molar-refractivity contribution in [3.8, 4) is 5.88 Å². The number of hydrogen-bond acceptors (Lipinski definition) is 3. The van der Waals surface area contributed by atoms with E-state index in [0.717, 1.165) is 42.5 Å². The molecule has 0 radical (unpaired) electrons. The van der Waals surface area contributed by atoms with Gasteiger partial charge in [-0.1, -0.05) is 107 Å². The SMILES string of the molecule is CC(C)C1CCCCC1.CC1(COc2ccc(Cl)cn2)CN(C(=O)C2CCCCC2)CC1c1ccc(Cl)cc1. The van der Waals surface area contributed by atoms with E-state index in [1.807, 2.05) is 12.1 Å². The first-order chi connectivity index (χ1) is 18.7. The molecule has 5 rings (SSSR count). The highest BCUT2D eigenvalue weighted by Crippen LogP contribution is 2.44. The fourth-order valence-electron chi connectivity index (χ4n) is 6.66. The Kier molecular flexibility index (Phi) is 11.0. The van der Waals surface area contributed by atoms with E-state index in [1.54, 1.807) is 18.3 Å². The van der Waals surface area contributed by atoms with Crippen LogP contribution in [0.25, 0.3) is 0 Å². The Labute approximate surface area is 245 Å². The summed E-state index contributed by atoms with van der Waals surface area (Å²) in [6.45, 7) is 8.79.